The molecule has 0 spiro atoms. The number of benzene rings is 2. The number of hydrogen-bond donors (Lipinski definition) is 1. The van der Waals surface area contributed by atoms with Crippen molar-refractivity contribution in [3.8, 4) is 6.07 Å². The highest BCUT2D eigenvalue weighted by molar-refractivity contribution is 5.46. The Morgan fingerprint density at radius 1 is 1.10 bits per heavy atom. The second-order valence-electron chi connectivity index (χ2n) is 5.88. The van der Waals surface area contributed by atoms with E-state index in [0.717, 1.165) is 17.5 Å². The molecule has 21 heavy (non-hydrogen) atoms. The van der Waals surface area contributed by atoms with Crippen LogP contribution in [-0.2, 0) is 11.8 Å². The molecule has 0 saturated carbocycles. The van der Waals surface area contributed by atoms with Crippen molar-refractivity contribution in [2.24, 2.45) is 0 Å². The minimum atomic E-state index is -0.786. The van der Waals surface area contributed by atoms with Crippen LogP contribution in [-0.4, -0.2) is 11.2 Å². The summed E-state index contributed by atoms with van der Waals surface area (Å²) in [6, 6.07) is 20.4. The summed E-state index contributed by atoms with van der Waals surface area (Å²) in [6.07, 6.45) is 0.859. The largest absolute Gasteiger partial charge is 0.390 e. The van der Waals surface area contributed by atoms with Crippen LogP contribution < -0.4 is 0 Å². The Morgan fingerprint density at radius 3 is 2.48 bits per heavy atom. The zero-order valence-corrected chi connectivity index (χ0v) is 12.2. The van der Waals surface area contributed by atoms with E-state index in [-0.39, 0.29) is 5.92 Å². The van der Waals surface area contributed by atoms with Crippen LogP contribution in [0.15, 0.2) is 54.6 Å². The molecule has 3 rings (SSSR count). The van der Waals surface area contributed by atoms with Gasteiger partial charge < -0.3 is 5.11 Å². The molecule has 0 heterocycles. The molecule has 3 atom stereocenters. The molecule has 0 aliphatic heterocycles. The summed E-state index contributed by atoms with van der Waals surface area (Å²) in [4.78, 5) is 0. The highest BCUT2D eigenvalue weighted by Gasteiger charge is 2.47. The average molecular weight is 277 g/mol. The van der Waals surface area contributed by atoms with Gasteiger partial charge in [0.05, 0.1) is 12.2 Å². The lowest BCUT2D eigenvalue weighted by atomic mass is 9.72. The van der Waals surface area contributed by atoms with Crippen LogP contribution in [0.2, 0.25) is 0 Å². The Balaban J connectivity index is 2.00. The van der Waals surface area contributed by atoms with Crippen LogP contribution >= 0.6 is 0 Å². The molecule has 1 aliphatic rings. The number of nitriles is 1. The van der Waals surface area contributed by atoms with Crippen LogP contribution in [0.4, 0.5) is 0 Å². The van der Waals surface area contributed by atoms with Crippen LogP contribution in [0.25, 0.3) is 0 Å². The van der Waals surface area contributed by atoms with Crippen LogP contribution in [0.1, 0.15) is 36.0 Å². The fourth-order valence-corrected chi connectivity index (χ4v) is 3.50. The summed E-state index contributed by atoms with van der Waals surface area (Å²) in [5.41, 5.74) is 2.48. The van der Waals surface area contributed by atoms with Gasteiger partial charge >= 0.3 is 0 Å². The smallest absolute Gasteiger partial charge is 0.109 e. The Kier molecular flexibility index (Phi) is 3.53. The number of aryl methyl sites for hydroxylation is 1. The number of nitrogens with zero attached hydrogens (tertiary/aromatic N) is 1. The summed E-state index contributed by atoms with van der Waals surface area (Å²) in [7, 11) is 0. The Labute approximate surface area is 125 Å². The molecule has 0 amide bonds. The lowest BCUT2D eigenvalue weighted by Gasteiger charge is -2.33. The van der Waals surface area contributed by atoms with E-state index in [1.54, 1.807) is 0 Å². The normalized spacial score (nSPS) is 23.1. The molecule has 2 aromatic rings. The highest BCUT2D eigenvalue weighted by atomic mass is 16.3. The van der Waals surface area contributed by atoms with Crippen molar-refractivity contribution in [2.45, 2.75) is 37.2 Å². The van der Waals surface area contributed by atoms with Gasteiger partial charge in [0.25, 0.3) is 0 Å². The SMILES string of the molecule is CC(c1ccccc1)C(O)C1(C#N)CCc2ccccc21. The third-order valence-corrected chi connectivity index (χ3v) is 4.79. The zero-order chi connectivity index (χ0) is 14.9. The van der Waals surface area contributed by atoms with Gasteiger partial charge in [-0.05, 0) is 29.5 Å². The van der Waals surface area contributed by atoms with E-state index in [1.165, 1.54) is 5.56 Å². The predicted octanol–water partition coefficient (Wildman–Crippen LogP) is 3.56. The minimum Gasteiger partial charge on any atom is -0.390 e. The first-order valence-electron chi connectivity index (χ1n) is 7.41. The Hall–Kier alpha value is -2.11. The first-order chi connectivity index (χ1) is 10.2. The van der Waals surface area contributed by atoms with E-state index in [2.05, 4.69) is 12.1 Å². The van der Waals surface area contributed by atoms with Gasteiger partial charge in [0.15, 0.2) is 0 Å². The topological polar surface area (TPSA) is 44.0 Å². The molecular weight excluding hydrogens is 258 g/mol. The quantitative estimate of drug-likeness (QED) is 0.932. The molecule has 1 aliphatic carbocycles. The molecule has 0 saturated heterocycles. The van der Waals surface area contributed by atoms with E-state index < -0.39 is 11.5 Å². The molecule has 1 N–H and O–H groups in total. The van der Waals surface area contributed by atoms with Crippen molar-refractivity contribution in [3.63, 3.8) is 0 Å². The van der Waals surface area contributed by atoms with Crippen molar-refractivity contribution >= 4 is 0 Å². The summed E-state index contributed by atoms with van der Waals surface area (Å²) < 4.78 is 0. The van der Waals surface area contributed by atoms with Gasteiger partial charge in [-0.25, -0.2) is 0 Å². The van der Waals surface area contributed by atoms with Gasteiger partial charge in [-0.1, -0.05) is 61.5 Å². The lowest BCUT2D eigenvalue weighted by Crippen LogP contribution is -2.39. The molecule has 0 radical (unpaired) electrons. The van der Waals surface area contributed by atoms with Gasteiger partial charge in [-0.2, -0.15) is 5.26 Å². The summed E-state index contributed by atoms with van der Waals surface area (Å²) in [6.45, 7) is 2.00. The third-order valence-electron chi connectivity index (χ3n) is 4.79. The summed E-state index contributed by atoms with van der Waals surface area (Å²) in [5, 5.41) is 20.8. The van der Waals surface area contributed by atoms with Crippen LogP contribution in [0.5, 0.6) is 0 Å². The Morgan fingerprint density at radius 2 is 1.76 bits per heavy atom. The first-order valence-corrected chi connectivity index (χ1v) is 7.41. The number of rotatable bonds is 3. The van der Waals surface area contributed by atoms with Crippen molar-refractivity contribution in [3.05, 3.63) is 71.3 Å². The van der Waals surface area contributed by atoms with E-state index in [0.29, 0.717) is 6.42 Å². The molecule has 0 aromatic heterocycles. The van der Waals surface area contributed by atoms with Crippen molar-refractivity contribution in [1.82, 2.24) is 0 Å². The molecule has 0 fully saturated rings. The van der Waals surface area contributed by atoms with Crippen LogP contribution in [0, 0.1) is 11.3 Å². The van der Waals surface area contributed by atoms with E-state index in [1.807, 2.05) is 55.5 Å². The van der Waals surface area contributed by atoms with E-state index >= 15 is 0 Å². The molecule has 106 valence electrons. The summed E-state index contributed by atoms with van der Waals surface area (Å²) in [5.74, 6) is -0.0722. The molecule has 2 heteroatoms. The lowest BCUT2D eigenvalue weighted by molar-refractivity contribution is 0.0876. The molecule has 2 nitrogen and oxygen atoms in total. The predicted molar refractivity (Wildman–Crippen MR) is 82.9 cm³/mol. The average Bonchev–Trinajstić information content (AvgIpc) is 2.94. The molecule has 2 aromatic carbocycles. The zero-order valence-electron chi connectivity index (χ0n) is 12.2. The number of hydrogen-bond acceptors (Lipinski definition) is 2. The van der Waals surface area contributed by atoms with E-state index in [9.17, 15) is 10.4 Å². The number of fused-ring (bicyclic) bond motifs is 1. The third kappa shape index (κ3) is 2.14. The Bertz CT molecular complexity index is 673. The highest BCUT2D eigenvalue weighted by Crippen LogP contribution is 2.44. The minimum absolute atomic E-state index is 0.0722. The number of aliphatic hydroxyl groups excluding tert-OH is 1. The van der Waals surface area contributed by atoms with Gasteiger partial charge in [0.1, 0.15) is 5.41 Å². The van der Waals surface area contributed by atoms with Crippen molar-refractivity contribution in [1.29, 1.82) is 5.26 Å². The van der Waals surface area contributed by atoms with Gasteiger partial charge in [-0.3, -0.25) is 0 Å². The standard InChI is InChI=1S/C19H19NO/c1-14(15-7-3-2-4-8-15)18(21)19(13-20)12-11-16-9-5-6-10-17(16)19/h2-10,14,18,21H,11-12H2,1H3. The maximum atomic E-state index is 10.9. The molecule has 0 bridgehead atoms. The molecular formula is C19H19NO. The van der Waals surface area contributed by atoms with Crippen molar-refractivity contribution in [2.75, 3.05) is 0 Å². The monoisotopic (exact) mass is 277 g/mol. The number of aliphatic hydroxyl groups is 1. The van der Waals surface area contributed by atoms with Crippen LogP contribution in [0.3, 0.4) is 0 Å². The first kappa shape index (κ1) is 13.9. The van der Waals surface area contributed by atoms with Gasteiger partial charge in [-0.15, -0.1) is 0 Å². The van der Waals surface area contributed by atoms with E-state index in [4.69, 9.17) is 0 Å². The summed E-state index contributed by atoms with van der Waals surface area (Å²) >= 11 is 0. The van der Waals surface area contributed by atoms with Gasteiger partial charge in [0.2, 0.25) is 0 Å². The maximum absolute atomic E-state index is 10.9. The van der Waals surface area contributed by atoms with Crippen molar-refractivity contribution < 1.29 is 5.11 Å². The second-order valence-corrected chi connectivity index (χ2v) is 5.88. The fraction of sp³-hybridized carbons (Fsp3) is 0.316. The maximum Gasteiger partial charge on any atom is 0.109 e. The molecule has 3 unspecified atom stereocenters. The fourth-order valence-electron chi connectivity index (χ4n) is 3.50. The second kappa shape index (κ2) is 5.35. The van der Waals surface area contributed by atoms with Gasteiger partial charge in [0, 0.05) is 5.92 Å².